The molecule has 0 aliphatic carbocycles. The Hall–Kier alpha value is -1.35. The third-order valence-electron chi connectivity index (χ3n) is 2.72. The largest absolute Gasteiger partial charge is 0.461 e. The summed E-state index contributed by atoms with van der Waals surface area (Å²) in [6, 6.07) is 9.45. The molecule has 4 heteroatoms. The van der Waals surface area contributed by atoms with Crippen molar-refractivity contribution in [3.63, 3.8) is 0 Å². The quantitative estimate of drug-likeness (QED) is 0.567. The average molecular weight is 283 g/mol. The zero-order valence-corrected chi connectivity index (χ0v) is 12.0. The predicted octanol–water partition coefficient (Wildman–Crippen LogP) is 3.55. The monoisotopic (exact) mass is 282 g/mol. The fraction of sp³-hybridized carbons (Fsp3) is 0.467. The van der Waals surface area contributed by atoms with Crippen molar-refractivity contribution in [3.05, 3.63) is 35.9 Å². The first-order valence-corrected chi connectivity index (χ1v) is 6.75. The molecule has 1 aromatic rings. The fourth-order valence-electron chi connectivity index (χ4n) is 1.87. The number of halogens is 1. The molecule has 0 aromatic heterocycles. The zero-order valence-electron chi connectivity index (χ0n) is 11.3. The summed E-state index contributed by atoms with van der Waals surface area (Å²) in [5.74, 6) is -0.495. The molecule has 0 unspecified atom stereocenters. The van der Waals surface area contributed by atoms with Crippen molar-refractivity contribution in [2.24, 2.45) is 11.8 Å². The van der Waals surface area contributed by atoms with E-state index in [2.05, 4.69) is 0 Å². The third-order valence-corrected chi connectivity index (χ3v) is 2.87. The lowest BCUT2D eigenvalue weighted by molar-refractivity contribution is -0.151. The molecule has 0 spiro atoms. The van der Waals surface area contributed by atoms with Crippen LogP contribution in [-0.4, -0.2) is 11.2 Å². The number of ether oxygens (including phenoxy) is 1. The topological polar surface area (TPSA) is 43.4 Å². The number of rotatable bonds is 7. The van der Waals surface area contributed by atoms with E-state index in [9.17, 15) is 9.59 Å². The van der Waals surface area contributed by atoms with Gasteiger partial charge in [0, 0.05) is 6.42 Å². The summed E-state index contributed by atoms with van der Waals surface area (Å²) in [4.78, 5) is 22.9. The second-order valence-corrected chi connectivity index (χ2v) is 5.40. The maximum Gasteiger partial charge on any atom is 0.309 e. The van der Waals surface area contributed by atoms with Gasteiger partial charge in [-0.05, 0) is 29.5 Å². The molecular weight excluding hydrogens is 264 g/mol. The highest BCUT2D eigenvalue weighted by Gasteiger charge is 2.23. The average Bonchev–Trinajstić information content (AvgIpc) is 2.35. The van der Waals surface area contributed by atoms with Gasteiger partial charge in [-0.15, -0.1) is 0 Å². The third kappa shape index (κ3) is 6.39. The highest BCUT2D eigenvalue weighted by atomic mass is 35.5. The van der Waals surface area contributed by atoms with Crippen LogP contribution in [0.3, 0.4) is 0 Å². The maximum absolute atomic E-state index is 12.0. The van der Waals surface area contributed by atoms with E-state index in [0.29, 0.717) is 12.3 Å². The summed E-state index contributed by atoms with van der Waals surface area (Å²) in [5.41, 5.74) is 0.927. The molecular formula is C15H19ClO3. The maximum atomic E-state index is 12.0. The number of hydrogen-bond donors (Lipinski definition) is 0. The van der Waals surface area contributed by atoms with Crippen LogP contribution in [0.2, 0.25) is 0 Å². The molecule has 1 aromatic carbocycles. The number of esters is 1. The smallest absolute Gasteiger partial charge is 0.309 e. The summed E-state index contributed by atoms with van der Waals surface area (Å²) in [7, 11) is 0. The van der Waals surface area contributed by atoms with E-state index in [4.69, 9.17) is 16.3 Å². The van der Waals surface area contributed by atoms with Crippen LogP contribution in [0.1, 0.15) is 32.3 Å². The van der Waals surface area contributed by atoms with Gasteiger partial charge in [0.1, 0.15) is 6.61 Å². The zero-order chi connectivity index (χ0) is 14.3. The fourth-order valence-corrected chi connectivity index (χ4v) is 2.06. The molecule has 0 heterocycles. The molecule has 0 fully saturated rings. The molecule has 104 valence electrons. The van der Waals surface area contributed by atoms with Crippen molar-refractivity contribution >= 4 is 22.8 Å². The summed E-state index contributed by atoms with van der Waals surface area (Å²) in [6.07, 6.45) is 0.638. The minimum absolute atomic E-state index is 0.0351. The van der Waals surface area contributed by atoms with Gasteiger partial charge in [0.15, 0.2) is 0 Å². The van der Waals surface area contributed by atoms with E-state index in [1.165, 1.54) is 0 Å². The summed E-state index contributed by atoms with van der Waals surface area (Å²) < 4.78 is 5.24. The molecule has 1 atom stereocenters. The van der Waals surface area contributed by atoms with Crippen LogP contribution in [0.25, 0.3) is 0 Å². The van der Waals surface area contributed by atoms with E-state index in [0.717, 1.165) is 5.56 Å². The van der Waals surface area contributed by atoms with Gasteiger partial charge in [0.2, 0.25) is 5.24 Å². The van der Waals surface area contributed by atoms with Gasteiger partial charge in [0.25, 0.3) is 0 Å². The Kier molecular flexibility index (Phi) is 6.57. The number of hydrogen-bond acceptors (Lipinski definition) is 3. The molecule has 0 aliphatic rings. The molecule has 3 nitrogen and oxygen atoms in total. The van der Waals surface area contributed by atoms with Crippen LogP contribution in [0.5, 0.6) is 0 Å². The van der Waals surface area contributed by atoms with E-state index in [1.807, 2.05) is 44.2 Å². The van der Waals surface area contributed by atoms with Crippen LogP contribution in [0, 0.1) is 11.8 Å². The Morgan fingerprint density at radius 1 is 1.21 bits per heavy atom. The molecule has 19 heavy (non-hydrogen) atoms. The molecule has 0 N–H and O–H groups in total. The first kappa shape index (κ1) is 15.7. The van der Waals surface area contributed by atoms with E-state index < -0.39 is 11.2 Å². The summed E-state index contributed by atoms with van der Waals surface area (Å²) in [5, 5.41) is -0.498. The van der Waals surface area contributed by atoms with Crippen LogP contribution < -0.4 is 0 Å². The summed E-state index contributed by atoms with van der Waals surface area (Å²) in [6.45, 7) is 4.22. The van der Waals surface area contributed by atoms with Gasteiger partial charge in [-0.2, -0.15) is 0 Å². The van der Waals surface area contributed by atoms with E-state index >= 15 is 0 Å². The minimum atomic E-state index is -0.498. The Labute approximate surface area is 118 Å². The van der Waals surface area contributed by atoms with Crippen LogP contribution in [0.15, 0.2) is 30.3 Å². The number of benzene rings is 1. The van der Waals surface area contributed by atoms with Crippen molar-refractivity contribution in [2.75, 3.05) is 0 Å². The van der Waals surface area contributed by atoms with Gasteiger partial charge < -0.3 is 4.74 Å². The standard InChI is InChI=1S/C15H19ClO3/c1-11(2)8-13(9-14(16)17)15(18)19-10-12-6-4-3-5-7-12/h3-7,11,13H,8-10H2,1-2H3/t13-/m1/s1. The molecule has 0 saturated heterocycles. The van der Waals surface area contributed by atoms with Crippen molar-refractivity contribution < 1.29 is 14.3 Å². The first-order valence-electron chi connectivity index (χ1n) is 6.38. The second-order valence-electron chi connectivity index (χ2n) is 4.98. The lowest BCUT2D eigenvalue weighted by Crippen LogP contribution is -2.21. The first-order chi connectivity index (χ1) is 8.99. The van der Waals surface area contributed by atoms with Crippen LogP contribution in [0.4, 0.5) is 0 Å². The lowest BCUT2D eigenvalue weighted by Gasteiger charge is -2.16. The molecule has 0 aliphatic heterocycles. The second kappa shape index (κ2) is 7.95. The van der Waals surface area contributed by atoms with Crippen molar-refractivity contribution in [1.82, 2.24) is 0 Å². The number of carbonyl (C=O) groups excluding carboxylic acids is 2. The molecule has 0 radical (unpaired) electrons. The van der Waals surface area contributed by atoms with Gasteiger partial charge >= 0.3 is 5.97 Å². The van der Waals surface area contributed by atoms with Crippen LogP contribution in [-0.2, 0) is 20.9 Å². The van der Waals surface area contributed by atoms with Crippen LogP contribution >= 0.6 is 11.6 Å². The van der Waals surface area contributed by atoms with Gasteiger partial charge in [-0.1, -0.05) is 44.2 Å². The number of carbonyl (C=O) groups is 2. The highest BCUT2D eigenvalue weighted by Crippen LogP contribution is 2.19. The Morgan fingerprint density at radius 2 is 1.84 bits per heavy atom. The van der Waals surface area contributed by atoms with E-state index in [-0.39, 0.29) is 19.0 Å². The highest BCUT2D eigenvalue weighted by molar-refractivity contribution is 6.63. The Bertz CT molecular complexity index is 415. The van der Waals surface area contributed by atoms with Gasteiger partial charge in [-0.3, -0.25) is 9.59 Å². The SMILES string of the molecule is CC(C)C[C@H](CC(=O)Cl)C(=O)OCc1ccccc1. The minimum Gasteiger partial charge on any atom is -0.461 e. The van der Waals surface area contributed by atoms with Crippen molar-refractivity contribution in [1.29, 1.82) is 0 Å². The Morgan fingerprint density at radius 3 is 2.37 bits per heavy atom. The Balaban J connectivity index is 2.54. The van der Waals surface area contributed by atoms with Gasteiger partial charge in [-0.25, -0.2) is 0 Å². The predicted molar refractivity (Wildman–Crippen MR) is 74.7 cm³/mol. The molecule has 0 amide bonds. The van der Waals surface area contributed by atoms with E-state index in [1.54, 1.807) is 0 Å². The lowest BCUT2D eigenvalue weighted by atomic mass is 9.95. The molecule has 0 saturated carbocycles. The molecule has 0 bridgehead atoms. The normalized spacial score (nSPS) is 12.2. The van der Waals surface area contributed by atoms with Crippen molar-refractivity contribution in [2.45, 2.75) is 33.3 Å². The summed E-state index contributed by atoms with van der Waals surface area (Å²) >= 11 is 5.37. The molecule has 1 rings (SSSR count). The van der Waals surface area contributed by atoms with Gasteiger partial charge in [0.05, 0.1) is 5.92 Å². The van der Waals surface area contributed by atoms with Crippen molar-refractivity contribution in [3.8, 4) is 0 Å².